The van der Waals surface area contributed by atoms with Crippen LogP contribution in [0.15, 0.2) is 41.0 Å². The largest absolute Gasteiger partial charge is 0.459 e. The zero-order valence-corrected chi connectivity index (χ0v) is 15.4. The lowest BCUT2D eigenvalue weighted by molar-refractivity contribution is -0.119. The molecule has 0 saturated carbocycles. The number of carbonyl (C=O) groups excluding carboxylic acids is 3. The summed E-state index contributed by atoms with van der Waals surface area (Å²) in [6, 6.07) is 7.08. The van der Waals surface area contributed by atoms with Crippen molar-refractivity contribution in [3.05, 3.63) is 47.4 Å². The summed E-state index contributed by atoms with van der Waals surface area (Å²) in [5.74, 6) is -1.12. The van der Waals surface area contributed by atoms with Gasteiger partial charge in [0.05, 0.1) is 17.0 Å². The summed E-state index contributed by atoms with van der Waals surface area (Å²) < 4.78 is 5.04. The number of halogens is 1. The van der Waals surface area contributed by atoms with Gasteiger partial charge >= 0.3 is 0 Å². The van der Waals surface area contributed by atoms with Crippen molar-refractivity contribution in [2.45, 2.75) is 26.8 Å². The van der Waals surface area contributed by atoms with Crippen LogP contribution in [0.3, 0.4) is 0 Å². The molecule has 138 valence electrons. The fourth-order valence-corrected chi connectivity index (χ4v) is 2.49. The molecule has 0 bridgehead atoms. The molecule has 0 aliphatic heterocycles. The van der Waals surface area contributed by atoms with Crippen molar-refractivity contribution in [2.24, 2.45) is 5.92 Å². The highest BCUT2D eigenvalue weighted by Gasteiger charge is 2.25. The third kappa shape index (κ3) is 5.10. The molecular formula is C18H20ClN3O4. The zero-order chi connectivity index (χ0) is 19.3. The highest BCUT2D eigenvalue weighted by Crippen LogP contribution is 2.25. The van der Waals surface area contributed by atoms with E-state index in [-0.39, 0.29) is 23.5 Å². The molecule has 1 unspecified atom stereocenters. The molecule has 1 atom stereocenters. The molecule has 7 nitrogen and oxygen atoms in total. The minimum Gasteiger partial charge on any atom is -0.459 e. The molecule has 3 N–H and O–H groups in total. The van der Waals surface area contributed by atoms with Gasteiger partial charge in [-0.1, -0.05) is 25.4 Å². The topological polar surface area (TPSA) is 100 Å². The molecule has 2 aromatic rings. The molecule has 26 heavy (non-hydrogen) atoms. The standard InChI is InChI=1S/C18H20ClN3O4/c1-10(2)16(22-17(24)15-5-4-8-26-15)18(25)21-12-6-7-14(13(19)9-12)20-11(3)23/h4-10,16H,1-3H3,(H,20,23)(H,21,25)(H,22,24). The van der Waals surface area contributed by atoms with Gasteiger partial charge in [-0.3, -0.25) is 14.4 Å². The van der Waals surface area contributed by atoms with Crippen LogP contribution in [0.1, 0.15) is 31.3 Å². The number of nitrogens with one attached hydrogen (secondary N) is 3. The van der Waals surface area contributed by atoms with E-state index in [1.807, 2.05) is 13.8 Å². The summed E-state index contributed by atoms with van der Waals surface area (Å²) in [6.45, 7) is 5.01. The third-order valence-electron chi connectivity index (χ3n) is 3.53. The molecule has 2 rings (SSSR count). The van der Waals surface area contributed by atoms with E-state index < -0.39 is 11.9 Å². The summed E-state index contributed by atoms with van der Waals surface area (Å²) in [5.41, 5.74) is 0.899. The molecule has 0 fully saturated rings. The summed E-state index contributed by atoms with van der Waals surface area (Å²) in [5, 5.41) is 8.25. The molecule has 3 amide bonds. The smallest absolute Gasteiger partial charge is 0.287 e. The number of rotatable bonds is 6. The van der Waals surface area contributed by atoms with Crippen molar-refractivity contribution in [1.29, 1.82) is 0 Å². The molecule has 1 heterocycles. The predicted molar refractivity (Wildman–Crippen MR) is 99.2 cm³/mol. The molecule has 1 aromatic carbocycles. The first-order valence-corrected chi connectivity index (χ1v) is 8.38. The normalized spacial score (nSPS) is 11.7. The predicted octanol–water partition coefficient (Wildman–Crippen LogP) is 3.28. The Kier molecular flexibility index (Phi) is 6.41. The van der Waals surface area contributed by atoms with Crippen LogP contribution < -0.4 is 16.0 Å². The number of amides is 3. The van der Waals surface area contributed by atoms with Crippen LogP contribution in [-0.4, -0.2) is 23.8 Å². The van der Waals surface area contributed by atoms with Crippen LogP contribution in [0.2, 0.25) is 5.02 Å². The maximum atomic E-state index is 12.6. The van der Waals surface area contributed by atoms with Crippen LogP contribution >= 0.6 is 11.6 Å². The molecule has 0 aliphatic carbocycles. The lowest BCUT2D eigenvalue weighted by atomic mass is 10.0. The molecule has 8 heteroatoms. The summed E-state index contributed by atoms with van der Waals surface area (Å²) >= 11 is 6.10. The lowest BCUT2D eigenvalue weighted by Gasteiger charge is -2.21. The Labute approximate surface area is 156 Å². The first kappa shape index (κ1) is 19.5. The second-order valence-corrected chi connectivity index (χ2v) is 6.44. The van der Waals surface area contributed by atoms with Gasteiger partial charge in [0.15, 0.2) is 5.76 Å². The monoisotopic (exact) mass is 377 g/mol. The number of hydrogen-bond donors (Lipinski definition) is 3. The summed E-state index contributed by atoms with van der Waals surface area (Å²) in [4.78, 5) is 35.8. The maximum absolute atomic E-state index is 12.6. The molecule has 1 aromatic heterocycles. The first-order chi connectivity index (χ1) is 12.3. The highest BCUT2D eigenvalue weighted by atomic mass is 35.5. The first-order valence-electron chi connectivity index (χ1n) is 8.00. The number of anilines is 2. The Hall–Kier alpha value is -2.80. The summed E-state index contributed by atoms with van der Waals surface area (Å²) in [6.07, 6.45) is 1.39. The SMILES string of the molecule is CC(=O)Nc1ccc(NC(=O)C(NC(=O)c2ccco2)C(C)C)cc1Cl. The number of carbonyl (C=O) groups is 3. The van der Waals surface area contributed by atoms with Crippen LogP contribution in [0.4, 0.5) is 11.4 Å². The van der Waals surface area contributed by atoms with Crippen molar-refractivity contribution in [2.75, 3.05) is 10.6 Å². The molecule has 0 radical (unpaired) electrons. The lowest BCUT2D eigenvalue weighted by Crippen LogP contribution is -2.47. The zero-order valence-electron chi connectivity index (χ0n) is 14.6. The van der Waals surface area contributed by atoms with E-state index >= 15 is 0 Å². The minimum atomic E-state index is -0.763. The van der Waals surface area contributed by atoms with Crippen LogP contribution in [0.25, 0.3) is 0 Å². The minimum absolute atomic E-state index is 0.131. The Morgan fingerprint density at radius 3 is 2.38 bits per heavy atom. The van der Waals surface area contributed by atoms with Crippen molar-refractivity contribution in [3.63, 3.8) is 0 Å². The van der Waals surface area contributed by atoms with Crippen LogP contribution in [-0.2, 0) is 9.59 Å². The average molecular weight is 378 g/mol. The second-order valence-electron chi connectivity index (χ2n) is 6.04. The van der Waals surface area contributed by atoms with Gasteiger partial charge in [0.1, 0.15) is 6.04 Å². The maximum Gasteiger partial charge on any atom is 0.287 e. The van der Waals surface area contributed by atoms with E-state index in [4.69, 9.17) is 16.0 Å². The quantitative estimate of drug-likeness (QED) is 0.719. The van der Waals surface area contributed by atoms with Gasteiger partial charge in [0.25, 0.3) is 5.91 Å². The Balaban J connectivity index is 2.08. The fourth-order valence-electron chi connectivity index (χ4n) is 2.26. The van der Waals surface area contributed by atoms with Gasteiger partial charge < -0.3 is 20.4 Å². The Morgan fingerprint density at radius 2 is 1.85 bits per heavy atom. The number of hydrogen-bond acceptors (Lipinski definition) is 4. The van der Waals surface area contributed by atoms with Crippen LogP contribution in [0, 0.1) is 5.92 Å². The molecule has 0 spiro atoms. The van der Waals surface area contributed by atoms with E-state index in [0.29, 0.717) is 16.4 Å². The van der Waals surface area contributed by atoms with Gasteiger partial charge in [-0.05, 0) is 36.2 Å². The number of furan rings is 1. The second kappa shape index (κ2) is 8.53. The highest BCUT2D eigenvalue weighted by molar-refractivity contribution is 6.34. The van der Waals surface area contributed by atoms with E-state index in [1.54, 1.807) is 18.2 Å². The van der Waals surface area contributed by atoms with Gasteiger partial charge in [0, 0.05) is 12.6 Å². The van der Waals surface area contributed by atoms with Crippen LogP contribution in [0.5, 0.6) is 0 Å². The molecule has 0 saturated heterocycles. The molecular weight excluding hydrogens is 358 g/mol. The van der Waals surface area contributed by atoms with Gasteiger partial charge in [-0.15, -0.1) is 0 Å². The third-order valence-corrected chi connectivity index (χ3v) is 3.84. The van der Waals surface area contributed by atoms with E-state index in [1.165, 1.54) is 25.3 Å². The van der Waals surface area contributed by atoms with E-state index in [2.05, 4.69) is 16.0 Å². The van der Waals surface area contributed by atoms with Crippen molar-refractivity contribution in [1.82, 2.24) is 5.32 Å². The van der Waals surface area contributed by atoms with Crippen molar-refractivity contribution >= 4 is 40.7 Å². The van der Waals surface area contributed by atoms with E-state index in [9.17, 15) is 14.4 Å². The number of benzene rings is 1. The van der Waals surface area contributed by atoms with Gasteiger partial charge in [0.2, 0.25) is 11.8 Å². The molecule has 0 aliphatic rings. The van der Waals surface area contributed by atoms with Gasteiger partial charge in [-0.25, -0.2) is 0 Å². The Morgan fingerprint density at radius 1 is 1.12 bits per heavy atom. The Bertz CT molecular complexity index is 803. The fraction of sp³-hybridized carbons (Fsp3) is 0.278. The van der Waals surface area contributed by atoms with E-state index in [0.717, 1.165) is 0 Å². The van der Waals surface area contributed by atoms with Crippen molar-refractivity contribution in [3.8, 4) is 0 Å². The average Bonchev–Trinajstić information content (AvgIpc) is 3.08. The van der Waals surface area contributed by atoms with Gasteiger partial charge in [-0.2, -0.15) is 0 Å². The van der Waals surface area contributed by atoms with Crippen molar-refractivity contribution < 1.29 is 18.8 Å². The summed E-state index contributed by atoms with van der Waals surface area (Å²) in [7, 11) is 0.